The van der Waals surface area contributed by atoms with Crippen LogP contribution in [0.4, 0.5) is 0 Å². The molecule has 4 heteroatoms. The summed E-state index contributed by atoms with van der Waals surface area (Å²) < 4.78 is 1.67. The Morgan fingerprint density at radius 2 is 2.12 bits per heavy atom. The van der Waals surface area contributed by atoms with Gasteiger partial charge in [0.1, 0.15) is 0 Å². The van der Waals surface area contributed by atoms with Crippen molar-refractivity contribution in [2.45, 2.75) is 32.1 Å². The van der Waals surface area contributed by atoms with Crippen LogP contribution in [-0.2, 0) is 31.1 Å². The molecule has 2 rings (SSSR count). The highest BCUT2D eigenvalue weighted by molar-refractivity contribution is 6.63. The molecule has 0 radical (unpaired) electrons. The third-order valence-corrected chi connectivity index (χ3v) is 3.28. The second-order valence-electron chi connectivity index (χ2n) is 4.24. The van der Waals surface area contributed by atoms with Gasteiger partial charge in [-0.1, -0.05) is 0 Å². The molecule has 0 spiro atoms. The lowest BCUT2D eigenvalue weighted by molar-refractivity contribution is -0.111. The van der Waals surface area contributed by atoms with Gasteiger partial charge in [0.15, 0.2) is 0 Å². The number of carbonyl (C=O) groups excluding carboxylic acids is 1. The van der Waals surface area contributed by atoms with Gasteiger partial charge in [-0.2, -0.15) is 0 Å². The molecule has 1 aromatic rings. The minimum atomic E-state index is -0.479. The summed E-state index contributed by atoms with van der Waals surface area (Å²) in [5.41, 5.74) is 2.74. The average molecular weight is 240 g/mol. The fraction of sp³-hybridized carbons (Fsp3) is 0.500. The van der Waals surface area contributed by atoms with Gasteiger partial charge in [0.05, 0.1) is 6.42 Å². The first-order chi connectivity index (χ1) is 7.59. The molecule has 1 aliphatic rings. The van der Waals surface area contributed by atoms with Gasteiger partial charge in [-0.25, -0.2) is 0 Å². The number of hydrogen-bond donors (Lipinski definition) is 0. The minimum Gasteiger partial charge on any atom is -0.315 e. The number of nitrogens with zero attached hydrogens (tertiary/aromatic N) is 1. The Bertz CT molecular complexity index is 491. The monoisotopic (exact) mass is 239 g/mol. The molecule has 0 amide bonds. The van der Waals surface area contributed by atoms with Gasteiger partial charge in [-0.05, 0) is 48.9 Å². The van der Waals surface area contributed by atoms with E-state index in [-0.39, 0.29) is 12.0 Å². The van der Waals surface area contributed by atoms with Crippen LogP contribution in [0.15, 0.2) is 10.9 Å². The molecular formula is C12H14ClNO2. The van der Waals surface area contributed by atoms with Crippen LogP contribution in [0.5, 0.6) is 0 Å². The summed E-state index contributed by atoms with van der Waals surface area (Å²) in [5, 5.41) is -0.479. The Hall–Kier alpha value is -1.09. The first-order valence-electron chi connectivity index (χ1n) is 5.48. The van der Waals surface area contributed by atoms with Crippen molar-refractivity contribution < 1.29 is 4.79 Å². The lowest BCUT2D eigenvalue weighted by Gasteiger charge is -2.19. The van der Waals surface area contributed by atoms with Crippen molar-refractivity contribution in [3.05, 3.63) is 33.2 Å². The Balaban J connectivity index is 2.52. The summed E-state index contributed by atoms with van der Waals surface area (Å²) >= 11 is 5.33. The van der Waals surface area contributed by atoms with Crippen LogP contribution in [0, 0.1) is 0 Å². The zero-order valence-corrected chi connectivity index (χ0v) is 10.0. The highest BCUT2D eigenvalue weighted by Gasteiger charge is 2.16. The molecule has 1 aromatic heterocycles. The van der Waals surface area contributed by atoms with E-state index in [1.54, 1.807) is 11.6 Å². The Morgan fingerprint density at radius 1 is 1.44 bits per heavy atom. The number of hydrogen-bond acceptors (Lipinski definition) is 2. The quantitative estimate of drug-likeness (QED) is 0.735. The number of pyridine rings is 1. The maximum atomic E-state index is 11.9. The van der Waals surface area contributed by atoms with E-state index in [2.05, 4.69) is 0 Å². The van der Waals surface area contributed by atoms with Crippen LogP contribution < -0.4 is 5.56 Å². The van der Waals surface area contributed by atoms with Gasteiger partial charge in [0, 0.05) is 18.3 Å². The molecule has 0 fully saturated rings. The van der Waals surface area contributed by atoms with Crippen molar-refractivity contribution in [2.75, 3.05) is 0 Å². The van der Waals surface area contributed by atoms with Crippen molar-refractivity contribution in [3.63, 3.8) is 0 Å². The lowest BCUT2D eigenvalue weighted by atomic mass is 9.94. The van der Waals surface area contributed by atoms with E-state index in [0.29, 0.717) is 5.56 Å². The predicted octanol–water partition coefficient (Wildman–Crippen LogP) is 1.57. The molecule has 0 unspecified atom stereocenters. The van der Waals surface area contributed by atoms with Crippen LogP contribution in [0.1, 0.15) is 29.7 Å². The fourth-order valence-corrected chi connectivity index (χ4v) is 2.48. The molecule has 3 nitrogen and oxygen atoms in total. The SMILES string of the molecule is Cn1c2c(cc(CC(=O)Cl)c1=O)CCCC2. The largest absolute Gasteiger partial charge is 0.315 e. The fourth-order valence-electron chi connectivity index (χ4n) is 2.34. The second-order valence-corrected chi connectivity index (χ2v) is 4.67. The van der Waals surface area contributed by atoms with Crippen molar-refractivity contribution >= 4 is 16.8 Å². The van der Waals surface area contributed by atoms with Gasteiger partial charge in [0.25, 0.3) is 5.56 Å². The molecule has 16 heavy (non-hydrogen) atoms. The first kappa shape index (κ1) is 11.4. The number of halogens is 1. The van der Waals surface area contributed by atoms with Crippen molar-refractivity contribution in [1.82, 2.24) is 4.57 Å². The number of rotatable bonds is 2. The standard InChI is InChI=1S/C12H14ClNO2/c1-14-10-5-3-2-4-8(10)6-9(12(14)16)7-11(13)15/h6H,2-5,7H2,1H3. The lowest BCUT2D eigenvalue weighted by Crippen LogP contribution is -2.28. The summed E-state index contributed by atoms with van der Waals surface area (Å²) in [6.45, 7) is 0. The molecule has 0 saturated heterocycles. The van der Waals surface area contributed by atoms with E-state index in [1.165, 1.54) is 5.56 Å². The van der Waals surface area contributed by atoms with E-state index < -0.39 is 5.24 Å². The predicted molar refractivity (Wildman–Crippen MR) is 62.9 cm³/mol. The van der Waals surface area contributed by atoms with E-state index in [0.717, 1.165) is 31.4 Å². The Kier molecular flexibility index (Phi) is 3.15. The van der Waals surface area contributed by atoms with Gasteiger partial charge >= 0.3 is 0 Å². The Morgan fingerprint density at radius 3 is 2.81 bits per heavy atom. The van der Waals surface area contributed by atoms with Crippen molar-refractivity contribution in [1.29, 1.82) is 0 Å². The number of fused-ring (bicyclic) bond motifs is 1. The summed E-state index contributed by atoms with van der Waals surface area (Å²) in [7, 11) is 1.77. The molecule has 0 N–H and O–H groups in total. The summed E-state index contributed by atoms with van der Waals surface area (Å²) in [5.74, 6) is 0. The topological polar surface area (TPSA) is 39.1 Å². The maximum absolute atomic E-state index is 11.9. The number of carbonyl (C=O) groups is 1. The smallest absolute Gasteiger partial charge is 0.254 e. The molecule has 0 saturated carbocycles. The minimum absolute atomic E-state index is 0.0293. The number of aromatic nitrogens is 1. The molecule has 0 atom stereocenters. The summed E-state index contributed by atoms with van der Waals surface area (Å²) in [4.78, 5) is 22.8. The zero-order chi connectivity index (χ0) is 11.7. The van der Waals surface area contributed by atoms with E-state index >= 15 is 0 Å². The third-order valence-electron chi connectivity index (χ3n) is 3.14. The van der Waals surface area contributed by atoms with Crippen LogP contribution in [0.3, 0.4) is 0 Å². The second kappa shape index (κ2) is 4.42. The normalized spacial score (nSPS) is 14.6. The Labute approximate surface area is 99.0 Å². The summed E-state index contributed by atoms with van der Waals surface area (Å²) in [6.07, 6.45) is 4.26. The van der Waals surface area contributed by atoms with Crippen LogP contribution >= 0.6 is 11.6 Å². The van der Waals surface area contributed by atoms with E-state index in [1.807, 2.05) is 6.07 Å². The highest BCUT2D eigenvalue weighted by Crippen LogP contribution is 2.20. The number of aryl methyl sites for hydroxylation is 1. The summed E-state index contributed by atoms with van der Waals surface area (Å²) in [6, 6.07) is 1.86. The highest BCUT2D eigenvalue weighted by atomic mass is 35.5. The van der Waals surface area contributed by atoms with Crippen molar-refractivity contribution in [2.24, 2.45) is 7.05 Å². The zero-order valence-electron chi connectivity index (χ0n) is 9.25. The van der Waals surface area contributed by atoms with Gasteiger partial charge < -0.3 is 4.57 Å². The molecule has 0 bridgehead atoms. The van der Waals surface area contributed by atoms with Gasteiger partial charge in [-0.15, -0.1) is 0 Å². The first-order valence-corrected chi connectivity index (χ1v) is 5.86. The van der Waals surface area contributed by atoms with Crippen molar-refractivity contribution in [3.8, 4) is 0 Å². The van der Waals surface area contributed by atoms with E-state index in [9.17, 15) is 9.59 Å². The molecule has 1 aliphatic carbocycles. The molecule has 0 aliphatic heterocycles. The van der Waals surface area contributed by atoms with Gasteiger partial charge in [0.2, 0.25) is 5.24 Å². The van der Waals surface area contributed by atoms with Gasteiger partial charge in [-0.3, -0.25) is 9.59 Å². The van der Waals surface area contributed by atoms with Crippen LogP contribution in [0.25, 0.3) is 0 Å². The molecule has 1 heterocycles. The van der Waals surface area contributed by atoms with Crippen LogP contribution in [0.2, 0.25) is 0 Å². The molecular weight excluding hydrogens is 226 g/mol. The van der Waals surface area contributed by atoms with Crippen LogP contribution in [-0.4, -0.2) is 9.81 Å². The van der Waals surface area contributed by atoms with E-state index in [4.69, 9.17) is 11.6 Å². The molecule has 0 aromatic carbocycles. The maximum Gasteiger partial charge on any atom is 0.254 e. The third kappa shape index (κ3) is 2.05. The average Bonchev–Trinajstić information content (AvgIpc) is 2.25. The molecule has 86 valence electrons.